The number of hydrogen-bond acceptors (Lipinski definition) is 3. The first-order chi connectivity index (χ1) is 14.0. The summed E-state index contributed by atoms with van der Waals surface area (Å²) in [5.74, 6) is -1.82. The van der Waals surface area contributed by atoms with Crippen LogP contribution in [0, 0.1) is 17.7 Å². The van der Waals surface area contributed by atoms with Crippen LogP contribution in [0.5, 0.6) is 0 Å². The molecule has 7 heteroatoms. The van der Waals surface area contributed by atoms with Gasteiger partial charge in [0.15, 0.2) is 0 Å². The zero-order valence-electron chi connectivity index (χ0n) is 15.7. The van der Waals surface area contributed by atoms with E-state index >= 15 is 0 Å². The fraction of sp³-hybridized carbons (Fsp3) is 0.318. The van der Waals surface area contributed by atoms with Gasteiger partial charge in [-0.1, -0.05) is 36.6 Å². The number of carbonyl (C=O) groups excluding carboxylic acids is 3. The van der Waals surface area contributed by atoms with Crippen molar-refractivity contribution in [2.24, 2.45) is 11.8 Å². The zero-order chi connectivity index (χ0) is 20.5. The van der Waals surface area contributed by atoms with Crippen molar-refractivity contribution in [3.05, 3.63) is 64.4 Å². The van der Waals surface area contributed by atoms with Crippen LogP contribution in [0.2, 0.25) is 5.02 Å². The van der Waals surface area contributed by atoms with Crippen LogP contribution in [0.15, 0.2) is 42.5 Å². The minimum absolute atomic E-state index is 0.0611. The Morgan fingerprint density at radius 2 is 1.72 bits per heavy atom. The first kappa shape index (κ1) is 19.6. The van der Waals surface area contributed by atoms with E-state index in [0.29, 0.717) is 23.2 Å². The van der Waals surface area contributed by atoms with Gasteiger partial charge >= 0.3 is 0 Å². The highest BCUT2D eigenvalue weighted by atomic mass is 35.5. The van der Waals surface area contributed by atoms with E-state index in [4.69, 9.17) is 11.6 Å². The Labute approximate surface area is 172 Å². The smallest absolute Gasteiger partial charge is 0.261 e. The van der Waals surface area contributed by atoms with Crippen LogP contribution >= 0.6 is 11.6 Å². The molecule has 1 heterocycles. The highest BCUT2D eigenvalue weighted by Gasteiger charge is 2.40. The van der Waals surface area contributed by atoms with Crippen molar-refractivity contribution in [2.75, 3.05) is 11.9 Å². The fourth-order valence-corrected chi connectivity index (χ4v) is 4.40. The molecule has 2 unspecified atom stereocenters. The number of benzene rings is 2. The highest BCUT2D eigenvalue weighted by Crippen LogP contribution is 2.34. The normalized spacial score (nSPS) is 21.2. The maximum Gasteiger partial charge on any atom is 0.261 e. The number of amides is 3. The Balaban J connectivity index is 1.49. The van der Waals surface area contributed by atoms with Crippen molar-refractivity contribution in [3.63, 3.8) is 0 Å². The maximum atomic E-state index is 13.4. The van der Waals surface area contributed by atoms with Crippen molar-refractivity contribution in [2.45, 2.75) is 25.7 Å². The lowest BCUT2D eigenvalue weighted by Gasteiger charge is -2.32. The third-order valence-electron chi connectivity index (χ3n) is 5.73. The summed E-state index contributed by atoms with van der Waals surface area (Å²) in [6.07, 6.45) is 3.28. The van der Waals surface area contributed by atoms with E-state index < -0.39 is 5.82 Å². The lowest BCUT2D eigenvalue weighted by molar-refractivity contribution is -0.122. The number of fused-ring (bicyclic) bond motifs is 1. The molecule has 3 amide bonds. The van der Waals surface area contributed by atoms with Gasteiger partial charge in [0.25, 0.3) is 11.8 Å². The molecule has 1 saturated carbocycles. The van der Waals surface area contributed by atoms with Crippen LogP contribution in [0.4, 0.5) is 10.1 Å². The summed E-state index contributed by atoms with van der Waals surface area (Å²) in [6, 6.07) is 10.8. The summed E-state index contributed by atoms with van der Waals surface area (Å²) in [5.41, 5.74) is 1.25. The van der Waals surface area contributed by atoms with E-state index in [2.05, 4.69) is 5.32 Å². The number of hydrogen-bond donors (Lipinski definition) is 1. The third-order valence-corrected chi connectivity index (χ3v) is 6.02. The molecule has 0 radical (unpaired) electrons. The number of nitrogens with zero attached hydrogens (tertiary/aromatic N) is 1. The number of carbonyl (C=O) groups is 3. The van der Waals surface area contributed by atoms with E-state index in [1.54, 1.807) is 24.3 Å². The molecule has 0 spiro atoms. The van der Waals surface area contributed by atoms with Gasteiger partial charge in [-0.2, -0.15) is 0 Å². The summed E-state index contributed by atoms with van der Waals surface area (Å²) in [4.78, 5) is 39.5. The molecule has 2 atom stereocenters. The standard InChI is InChI=1S/C22H20ClFN2O3/c23-18-11-14(9-10-19(18)24)25-20(27)15-6-2-1-5-13(15)12-26-21(28)16-7-3-4-8-17(16)22(26)29/h3-4,7-11,13,15H,1-2,5-6,12H2,(H,25,27). The first-order valence-corrected chi connectivity index (χ1v) is 10.0. The van der Waals surface area contributed by atoms with Gasteiger partial charge in [0, 0.05) is 18.2 Å². The average molecular weight is 415 g/mol. The second kappa shape index (κ2) is 7.95. The number of anilines is 1. The van der Waals surface area contributed by atoms with Crippen molar-refractivity contribution in [3.8, 4) is 0 Å². The fourth-order valence-electron chi connectivity index (χ4n) is 4.22. The summed E-state index contributed by atoms with van der Waals surface area (Å²) < 4.78 is 13.4. The lowest BCUT2D eigenvalue weighted by atomic mass is 9.78. The molecule has 1 aliphatic carbocycles. The van der Waals surface area contributed by atoms with Crippen LogP contribution < -0.4 is 5.32 Å². The van der Waals surface area contributed by atoms with Gasteiger partial charge in [0.2, 0.25) is 5.91 Å². The van der Waals surface area contributed by atoms with Gasteiger partial charge in [-0.3, -0.25) is 19.3 Å². The molecule has 0 aromatic heterocycles. The van der Waals surface area contributed by atoms with Crippen molar-refractivity contribution in [1.29, 1.82) is 0 Å². The monoisotopic (exact) mass is 414 g/mol. The van der Waals surface area contributed by atoms with Crippen LogP contribution in [0.3, 0.4) is 0 Å². The average Bonchev–Trinajstić information content (AvgIpc) is 2.96. The van der Waals surface area contributed by atoms with Crippen LogP contribution in [-0.2, 0) is 4.79 Å². The molecule has 0 bridgehead atoms. The van der Waals surface area contributed by atoms with E-state index in [1.165, 1.54) is 23.1 Å². The van der Waals surface area contributed by atoms with E-state index in [1.807, 2.05) is 0 Å². The SMILES string of the molecule is O=C(Nc1ccc(F)c(Cl)c1)C1CCCCC1CN1C(=O)c2ccccc2C1=O. The maximum absolute atomic E-state index is 13.4. The molecule has 2 aromatic rings. The Morgan fingerprint density at radius 3 is 2.38 bits per heavy atom. The Bertz CT molecular complexity index is 959. The number of halogens is 2. The highest BCUT2D eigenvalue weighted by molar-refractivity contribution is 6.31. The van der Waals surface area contributed by atoms with Crippen molar-refractivity contribution < 1.29 is 18.8 Å². The van der Waals surface area contributed by atoms with Gasteiger partial charge in [0.05, 0.1) is 16.1 Å². The second-order valence-corrected chi connectivity index (χ2v) is 7.94. The molecule has 0 saturated heterocycles. The van der Waals surface area contributed by atoms with Crippen LogP contribution in [0.25, 0.3) is 0 Å². The molecular weight excluding hydrogens is 395 g/mol. The quantitative estimate of drug-likeness (QED) is 0.748. The summed E-state index contributed by atoms with van der Waals surface area (Å²) in [5, 5.41) is 2.73. The van der Waals surface area contributed by atoms with E-state index in [9.17, 15) is 18.8 Å². The Morgan fingerprint density at radius 1 is 1.07 bits per heavy atom. The predicted octanol–water partition coefficient (Wildman–Crippen LogP) is 4.52. The van der Waals surface area contributed by atoms with Gasteiger partial charge in [-0.15, -0.1) is 0 Å². The molecule has 5 nitrogen and oxygen atoms in total. The summed E-state index contributed by atoms with van der Waals surface area (Å²) in [7, 11) is 0. The van der Waals surface area contributed by atoms with E-state index in [-0.39, 0.29) is 41.1 Å². The minimum atomic E-state index is -0.550. The molecule has 4 rings (SSSR count). The van der Waals surface area contributed by atoms with Gasteiger partial charge in [-0.25, -0.2) is 4.39 Å². The predicted molar refractivity (Wildman–Crippen MR) is 107 cm³/mol. The molecule has 1 N–H and O–H groups in total. The van der Waals surface area contributed by atoms with Crippen molar-refractivity contribution in [1.82, 2.24) is 4.90 Å². The second-order valence-electron chi connectivity index (χ2n) is 7.54. The molecule has 1 fully saturated rings. The van der Waals surface area contributed by atoms with Gasteiger partial charge in [-0.05, 0) is 49.1 Å². The van der Waals surface area contributed by atoms with Crippen LogP contribution in [0.1, 0.15) is 46.4 Å². The number of rotatable bonds is 4. The summed E-state index contributed by atoms with van der Waals surface area (Å²) >= 11 is 5.79. The van der Waals surface area contributed by atoms with Gasteiger partial charge in [0.1, 0.15) is 5.82 Å². The topological polar surface area (TPSA) is 66.5 Å². The Kier molecular flexibility index (Phi) is 5.37. The number of nitrogens with one attached hydrogen (secondary N) is 1. The summed E-state index contributed by atoms with van der Waals surface area (Å²) in [6.45, 7) is 0.217. The molecule has 150 valence electrons. The number of imide groups is 1. The van der Waals surface area contributed by atoms with Crippen molar-refractivity contribution >= 4 is 35.0 Å². The first-order valence-electron chi connectivity index (χ1n) is 9.67. The molecule has 29 heavy (non-hydrogen) atoms. The molecule has 2 aromatic carbocycles. The molecular formula is C22H20ClFN2O3. The zero-order valence-corrected chi connectivity index (χ0v) is 16.4. The Hall–Kier alpha value is -2.73. The molecule has 1 aliphatic heterocycles. The van der Waals surface area contributed by atoms with E-state index in [0.717, 1.165) is 19.3 Å². The lowest BCUT2D eigenvalue weighted by Crippen LogP contribution is -2.41. The minimum Gasteiger partial charge on any atom is -0.326 e. The van der Waals surface area contributed by atoms with Gasteiger partial charge < -0.3 is 5.32 Å². The molecule has 2 aliphatic rings. The largest absolute Gasteiger partial charge is 0.326 e. The van der Waals surface area contributed by atoms with Crippen LogP contribution in [-0.4, -0.2) is 29.2 Å². The third kappa shape index (κ3) is 3.77.